The van der Waals surface area contributed by atoms with Crippen LogP contribution in [0.5, 0.6) is 5.75 Å². The Bertz CT molecular complexity index is 594. The third-order valence-corrected chi connectivity index (χ3v) is 3.42. The highest BCUT2D eigenvalue weighted by Crippen LogP contribution is 2.09. The van der Waals surface area contributed by atoms with E-state index in [0.717, 1.165) is 6.07 Å². The molecule has 21 heavy (non-hydrogen) atoms. The molecular weight excluding hydrogens is 276 g/mol. The standard InChI is InChI=1S/C14H20N2O5/c1-4-8(2)13(14(20)21)15-11(18)7-16-9(3)5-10(17)6-12(16)19/h5-6,8,13,17H,4,7H2,1-3H3,(H,15,18)(H,20,21)/t8-,13-/m0/s1. The molecule has 0 aromatic carbocycles. The Hall–Kier alpha value is -2.31. The number of hydrogen-bond acceptors (Lipinski definition) is 4. The van der Waals surface area contributed by atoms with Crippen molar-refractivity contribution in [1.29, 1.82) is 0 Å². The lowest BCUT2D eigenvalue weighted by Crippen LogP contribution is -2.47. The molecule has 1 aromatic heterocycles. The Morgan fingerprint density at radius 1 is 1.38 bits per heavy atom. The smallest absolute Gasteiger partial charge is 0.326 e. The van der Waals surface area contributed by atoms with Crippen LogP contribution in [0.3, 0.4) is 0 Å². The number of aromatic nitrogens is 1. The lowest BCUT2D eigenvalue weighted by Gasteiger charge is -2.20. The topological polar surface area (TPSA) is 109 Å². The zero-order valence-corrected chi connectivity index (χ0v) is 12.3. The van der Waals surface area contributed by atoms with Crippen molar-refractivity contribution in [3.8, 4) is 5.75 Å². The third-order valence-electron chi connectivity index (χ3n) is 3.42. The first-order chi connectivity index (χ1) is 9.76. The summed E-state index contributed by atoms with van der Waals surface area (Å²) in [5.41, 5.74) is -0.0939. The van der Waals surface area contributed by atoms with Gasteiger partial charge in [0.2, 0.25) is 5.91 Å². The van der Waals surface area contributed by atoms with Crippen molar-refractivity contribution in [1.82, 2.24) is 9.88 Å². The zero-order valence-electron chi connectivity index (χ0n) is 12.3. The summed E-state index contributed by atoms with van der Waals surface area (Å²) >= 11 is 0. The van der Waals surface area contributed by atoms with Gasteiger partial charge in [-0.3, -0.25) is 9.59 Å². The molecule has 1 amide bonds. The first-order valence-electron chi connectivity index (χ1n) is 6.68. The number of aromatic hydroxyl groups is 1. The second-order valence-corrected chi connectivity index (χ2v) is 5.05. The number of pyridine rings is 1. The van der Waals surface area contributed by atoms with E-state index in [1.807, 2.05) is 6.92 Å². The molecule has 1 rings (SSSR count). The van der Waals surface area contributed by atoms with Crippen LogP contribution in [0.15, 0.2) is 16.9 Å². The molecular formula is C14H20N2O5. The van der Waals surface area contributed by atoms with E-state index in [4.69, 9.17) is 5.11 Å². The number of carbonyl (C=O) groups is 2. The van der Waals surface area contributed by atoms with Crippen LogP contribution in [0, 0.1) is 12.8 Å². The van der Waals surface area contributed by atoms with Crippen LogP contribution >= 0.6 is 0 Å². The Kier molecular flexibility index (Phi) is 5.52. The number of aliphatic carboxylic acids is 1. The van der Waals surface area contributed by atoms with Gasteiger partial charge in [0.1, 0.15) is 18.3 Å². The number of carboxylic acid groups (broad SMARTS) is 1. The van der Waals surface area contributed by atoms with Crippen LogP contribution in [0.25, 0.3) is 0 Å². The largest absolute Gasteiger partial charge is 0.508 e. The fraction of sp³-hybridized carbons (Fsp3) is 0.500. The Labute approximate surface area is 122 Å². The molecule has 0 unspecified atom stereocenters. The minimum absolute atomic E-state index is 0.169. The van der Waals surface area contributed by atoms with E-state index in [0.29, 0.717) is 12.1 Å². The second kappa shape index (κ2) is 6.92. The van der Waals surface area contributed by atoms with Crippen molar-refractivity contribution in [2.24, 2.45) is 5.92 Å². The summed E-state index contributed by atoms with van der Waals surface area (Å²) in [6, 6.07) is 1.37. The fourth-order valence-corrected chi connectivity index (χ4v) is 1.96. The predicted molar refractivity (Wildman–Crippen MR) is 76.1 cm³/mol. The lowest BCUT2D eigenvalue weighted by atomic mass is 9.99. The molecule has 0 fully saturated rings. The highest BCUT2D eigenvalue weighted by Gasteiger charge is 2.25. The minimum Gasteiger partial charge on any atom is -0.508 e. The molecule has 0 saturated carbocycles. The van der Waals surface area contributed by atoms with Crippen molar-refractivity contribution >= 4 is 11.9 Å². The van der Waals surface area contributed by atoms with E-state index in [-0.39, 0.29) is 18.2 Å². The molecule has 0 aliphatic heterocycles. The fourth-order valence-electron chi connectivity index (χ4n) is 1.96. The molecule has 3 N–H and O–H groups in total. The summed E-state index contributed by atoms with van der Waals surface area (Å²) in [5.74, 6) is -2.05. The molecule has 0 aliphatic carbocycles. The number of hydrogen-bond donors (Lipinski definition) is 3. The number of carboxylic acids is 1. The van der Waals surface area contributed by atoms with Gasteiger partial charge in [0.15, 0.2) is 0 Å². The normalized spacial score (nSPS) is 13.5. The molecule has 0 bridgehead atoms. The minimum atomic E-state index is -1.10. The molecule has 7 heteroatoms. The van der Waals surface area contributed by atoms with Crippen LogP contribution in [-0.2, 0) is 16.1 Å². The lowest BCUT2D eigenvalue weighted by molar-refractivity contribution is -0.143. The number of aryl methyl sites for hydroxylation is 1. The van der Waals surface area contributed by atoms with Crippen LogP contribution in [0.1, 0.15) is 26.0 Å². The molecule has 1 aromatic rings. The maximum atomic E-state index is 11.9. The number of rotatable bonds is 6. The second-order valence-electron chi connectivity index (χ2n) is 5.05. The maximum Gasteiger partial charge on any atom is 0.326 e. The van der Waals surface area contributed by atoms with E-state index in [1.165, 1.54) is 10.6 Å². The summed E-state index contributed by atoms with van der Waals surface area (Å²) in [4.78, 5) is 34.8. The van der Waals surface area contributed by atoms with Gasteiger partial charge in [-0.1, -0.05) is 20.3 Å². The van der Waals surface area contributed by atoms with Gasteiger partial charge in [0, 0.05) is 11.8 Å². The summed E-state index contributed by atoms with van der Waals surface area (Å²) in [6.45, 7) is 4.86. The third kappa shape index (κ3) is 4.34. The first-order valence-corrected chi connectivity index (χ1v) is 6.68. The first kappa shape index (κ1) is 16.7. The average Bonchev–Trinajstić information content (AvgIpc) is 2.39. The van der Waals surface area contributed by atoms with Crippen molar-refractivity contribution in [3.05, 3.63) is 28.2 Å². The monoisotopic (exact) mass is 296 g/mol. The van der Waals surface area contributed by atoms with Crippen molar-refractivity contribution in [2.45, 2.75) is 39.8 Å². The van der Waals surface area contributed by atoms with Gasteiger partial charge in [-0.2, -0.15) is 0 Å². The van der Waals surface area contributed by atoms with Gasteiger partial charge in [0.05, 0.1) is 0 Å². The van der Waals surface area contributed by atoms with E-state index < -0.39 is 23.5 Å². The summed E-state index contributed by atoms with van der Waals surface area (Å²) in [6.07, 6.45) is 0.607. The Balaban J connectivity index is 2.87. The summed E-state index contributed by atoms with van der Waals surface area (Å²) < 4.78 is 1.17. The SMILES string of the molecule is CC[C@H](C)[C@H](NC(=O)Cn1c(C)cc(O)cc1=O)C(=O)O. The molecule has 0 spiro atoms. The number of amides is 1. The Morgan fingerprint density at radius 2 is 2.00 bits per heavy atom. The predicted octanol–water partition coefficient (Wildman–Crippen LogP) is 0.478. The number of nitrogens with one attached hydrogen (secondary N) is 1. The van der Waals surface area contributed by atoms with E-state index >= 15 is 0 Å². The van der Waals surface area contributed by atoms with Gasteiger partial charge < -0.3 is 20.1 Å². The van der Waals surface area contributed by atoms with Gasteiger partial charge in [-0.15, -0.1) is 0 Å². The van der Waals surface area contributed by atoms with Crippen LogP contribution in [0.2, 0.25) is 0 Å². The molecule has 1 heterocycles. The summed E-state index contributed by atoms with van der Waals surface area (Å²) in [5, 5.41) is 20.8. The molecule has 0 saturated heterocycles. The molecule has 2 atom stereocenters. The van der Waals surface area contributed by atoms with Crippen LogP contribution < -0.4 is 10.9 Å². The molecule has 7 nitrogen and oxygen atoms in total. The molecule has 116 valence electrons. The van der Waals surface area contributed by atoms with Crippen molar-refractivity contribution in [3.63, 3.8) is 0 Å². The highest BCUT2D eigenvalue weighted by atomic mass is 16.4. The van der Waals surface area contributed by atoms with Crippen molar-refractivity contribution < 1.29 is 19.8 Å². The maximum absolute atomic E-state index is 11.9. The molecule has 0 radical (unpaired) electrons. The zero-order chi connectivity index (χ0) is 16.2. The van der Waals surface area contributed by atoms with E-state index in [9.17, 15) is 19.5 Å². The number of carbonyl (C=O) groups excluding carboxylic acids is 1. The van der Waals surface area contributed by atoms with Gasteiger partial charge in [-0.25, -0.2) is 4.79 Å². The van der Waals surface area contributed by atoms with E-state index in [2.05, 4.69) is 5.32 Å². The number of nitrogens with zero attached hydrogens (tertiary/aromatic N) is 1. The van der Waals surface area contributed by atoms with Crippen LogP contribution in [0.4, 0.5) is 0 Å². The van der Waals surface area contributed by atoms with Gasteiger partial charge >= 0.3 is 5.97 Å². The van der Waals surface area contributed by atoms with Crippen LogP contribution in [-0.4, -0.2) is 32.7 Å². The molecule has 0 aliphatic rings. The van der Waals surface area contributed by atoms with Gasteiger partial charge in [-0.05, 0) is 18.9 Å². The van der Waals surface area contributed by atoms with Gasteiger partial charge in [0.25, 0.3) is 5.56 Å². The highest BCUT2D eigenvalue weighted by molar-refractivity contribution is 5.83. The quantitative estimate of drug-likeness (QED) is 0.707. The van der Waals surface area contributed by atoms with Crippen molar-refractivity contribution in [2.75, 3.05) is 0 Å². The summed E-state index contributed by atoms with van der Waals surface area (Å²) in [7, 11) is 0. The Morgan fingerprint density at radius 3 is 2.48 bits per heavy atom. The van der Waals surface area contributed by atoms with E-state index in [1.54, 1.807) is 13.8 Å². The average molecular weight is 296 g/mol.